The summed E-state index contributed by atoms with van der Waals surface area (Å²) >= 11 is 0. The van der Waals surface area contributed by atoms with Gasteiger partial charge in [-0.15, -0.1) is 0 Å². The molecule has 18 heavy (non-hydrogen) atoms. The largest absolute Gasteiger partial charge is 0.389 e. The molecular weight excluding hydrogens is 228 g/mol. The van der Waals surface area contributed by atoms with Crippen LogP contribution in [0.5, 0.6) is 0 Å². The van der Waals surface area contributed by atoms with E-state index in [1.165, 1.54) is 0 Å². The normalized spacial score (nSPS) is 57.8. The van der Waals surface area contributed by atoms with Crippen molar-refractivity contribution < 1.29 is 15.3 Å². The van der Waals surface area contributed by atoms with Gasteiger partial charge in [0.2, 0.25) is 0 Å². The highest BCUT2D eigenvalue weighted by molar-refractivity contribution is 5.37. The Balaban J connectivity index is 2.10. The first kappa shape index (κ1) is 12.6. The molecule has 3 heteroatoms. The van der Waals surface area contributed by atoms with E-state index < -0.39 is 22.7 Å². The van der Waals surface area contributed by atoms with Gasteiger partial charge in [0.1, 0.15) is 0 Å². The Morgan fingerprint density at radius 3 is 2.33 bits per heavy atom. The summed E-state index contributed by atoms with van der Waals surface area (Å²) < 4.78 is 0. The van der Waals surface area contributed by atoms with Gasteiger partial charge in [0, 0.05) is 24.2 Å². The molecular formula is C15H24O3. The van der Waals surface area contributed by atoms with Crippen molar-refractivity contribution in [3.05, 3.63) is 12.2 Å². The third-order valence-electron chi connectivity index (χ3n) is 6.05. The zero-order chi connectivity index (χ0) is 13.6. The minimum absolute atomic E-state index is 0.00894. The van der Waals surface area contributed by atoms with Crippen molar-refractivity contribution in [3.8, 4) is 0 Å². The molecule has 3 aliphatic carbocycles. The molecule has 3 nitrogen and oxygen atoms in total. The lowest BCUT2D eigenvalue weighted by molar-refractivity contribution is -0.0455. The highest BCUT2D eigenvalue weighted by atomic mass is 16.3. The van der Waals surface area contributed by atoms with Gasteiger partial charge in [-0.1, -0.05) is 27.4 Å². The number of aliphatic hydroxyl groups excluding tert-OH is 1. The smallest absolute Gasteiger partial charge is 0.0797 e. The van der Waals surface area contributed by atoms with Crippen molar-refractivity contribution in [2.45, 2.75) is 63.8 Å². The maximum Gasteiger partial charge on any atom is 0.0797 e. The molecule has 3 aliphatic rings. The Kier molecular flexibility index (Phi) is 2.12. The minimum atomic E-state index is -0.987. The van der Waals surface area contributed by atoms with Gasteiger partial charge in [0.05, 0.1) is 17.3 Å². The van der Waals surface area contributed by atoms with E-state index in [-0.39, 0.29) is 11.3 Å². The fourth-order valence-corrected chi connectivity index (χ4v) is 5.30. The van der Waals surface area contributed by atoms with Crippen LogP contribution >= 0.6 is 0 Å². The molecule has 0 aromatic carbocycles. The first-order valence-electron chi connectivity index (χ1n) is 6.86. The predicted octanol–water partition coefficient (Wildman–Crippen LogP) is 1.62. The highest BCUT2D eigenvalue weighted by Gasteiger charge is 2.74. The average molecular weight is 252 g/mol. The molecule has 5 atom stereocenters. The van der Waals surface area contributed by atoms with E-state index in [9.17, 15) is 15.3 Å². The number of fused-ring (bicyclic) bond motifs is 3. The summed E-state index contributed by atoms with van der Waals surface area (Å²) in [4.78, 5) is 0. The quantitative estimate of drug-likeness (QED) is 0.574. The molecule has 5 unspecified atom stereocenters. The molecule has 0 bridgehead atoms. The number of aliphatic hydroxyl groups is 3. The molecule has 0 radical (unpaired) electrons. The van der Waals surface area contributed by atoms with Gasteiger partial charge in [-0.25, -0.2) is 0 Å². The van der Waals surface area contributed by atoms with E-state index in [1.54, 1.807) is 0 Å². The van der Waals surface area contributed by atoms with Crippen LogP contribution < -0.4 is 0 Å². The Morgan fingerprint density at radius 2 is 1.72 bits per heavy atom. The summed E-state index contributed by atoms with van der Waals surface area (Å²) in [6.45, 7) is 10.3. The zero-order valence-corrected chi connectivity index (χ0v) is 11.5. The molecule has 0 aromatic rings. The molecule has 3 rings (SSSR count). The summed E-state index contributed by atoms with van der Waals surface area (Å²) in [5.41, 5.74) is -1.52. The summed E-state index contributed by atoms with van der Waals surface area (Å²) in [5.74, 6) is 0.00894. The van der Waals surface area contributed by atoms with E-state index in [0.717, 1.165) is 12.8 Å². The molecule has 0 aromatic heterocycles. The van der Waals surface area contributed by atoms with Crippen LogP contribution in [0.2, 0.25) is 0 Å². The van der Waals surface area contributed by atoms with E-state index in [1.807, 2.05) is 6.92 Å². The van der Waals surface area contributed by atoms with E-state index in [4.69, 9.17) is 0 Å². The maximum absolute atomic E-state index is 10.9. The third kappa shape index (κ3) is 1.21. The van der Waals surface area contributed by atoms with Crippen LogP contribution in [0.15, 0.2) is 12.2 Å². The second-order valence-corrected chi connectivity index (χ2v) is 7.86. The van der Waals surface area contributed by atoms with Crippen LogP contribution in [-0.2, 0) is 0 Å². The van der Waals surface area contributed by atoms with Gasteiger partial charge in [0.25, 0.3) is 0 Å². The molecule has 0 amide bonds. The van der Waals surface area contributed by atoms with Crippen LogP contribution in [-0.4, -0.2) is 32.6 Å². The first-order chi connectivity index (χ1) is 8.04. The van der Waals surface area contributed by atoms with Crippen molar-refractivity contribution >= 4 is 0 Å². The number of hydrogen-bond donors (Lipinski definition) is 3. The Bertz CT molecular complexity index is 429. The van der Waals surface area contributed by atoms with Gasteiger partial charge in [-0.2, -0.15) is 0 Å². The molecule has 102 valence electrons. The summed E-state index contributed by atoms with van der Waals surface area (Å²) in [5, 5.41) is 31.8. The Hall–Kier alpha value is -0.380. The Morgan fingerprint density at radius 1 is 1.11 bits per heavy atom. The molecule has 3 saturated carbocycles. The van der Waals surface area contributed by atoms with Gasteiger partial charge in [0.15, 0.2) is 0 Å². The van der Waals surface area contributed by atoms with Gasteiger partial charge in [-0.05, 0) is 23.8 Å². The van der Waals surface area contributed by atoms with Crippen molar-refractivity contribution in [2.75, 3.05) is 0 Å². The van der Waals surface area contributed by atoms with Crippen LogP contribution in [0, 0.1) is 16.7 Å². The van der Waals surface area contributed by atoms with Crippen LogP contribution in [0.3, 0.4) is 0 Å². The predicted molar refractivity (Wildman–Crippen MR) is 68.9 cm³/mol. The van der Waals surface area contributed by atoms with E-state index in [2.05, 4.69) is 20.4 Å². The monoisotopic (exact) mass is 252 g/mol. The second kappa shape index (κ2) is 3.02. The number of hydrogen-bond acceptors (Lipinski definition) is 3. The molecule has 3 fully saturated rings. The molecule has 0 heterocycles. The lowest BCUT2D eigenvalue weighted by Gasteiger charge is -2.38. The van der Waals surface area contributed by atoms with Gasteiger partial charge >= 0.3 is 0 Å². The highest BCUT2D eigenvalue weighted by Crippen LogP contribution is 2.71. The van der Waals surface area contributed by atoms with Crippen molar-refractivity contribution in [1.29, 1.82) is 0 Å². The van der Waals surface area contributed by atoms with Gasteiger partial charge in [-0.3, -0.25) is 0 Å². The molecule has 0 saturated heterocycles. The molecule has 3 N–H and O–H groups in total. The lowest BCUT2D eigenvalue weighted by atomic mass is 9.68. The minimum Gasteiger partial charge on any atom is -0.389 e. The van der Waals surface area contributed by atoms with Gasteiger partial charge < -0.3 is 15.3 Å². The standard InChI is InChI=1S/C15H24O3/c1-9-10(16)5-15(18)8-14(17)7-12(2,3)6-11(14)13(9,15)4/h10-11,16-18H,1,5-8H2,2-4H3. The Labute approximate surface area is 109 Å². The topological polar surface area (TPSA) is 60.7 Å². The van der Waals surface area contributed by atoms with Crippen molar-refractivity contribution in [3.63, 3.8) is 0 Å². The van der Waals surface area contributed by atoms with Crippen LogP contribution in [0.1, 0.15) is 46.5 Å². The van der Waals surface area contributed by atoms with E-state index in [0.29, 0.717) is 18.4 Å². The first-order valence-corrected chi connectivity index (χ1v) is 6.86. The number of rotatable bonds is 0. The lowest BCUT2D eigenvalue weighted by Crippen LogP contribution is -2.41. The second-order valence-electron chi connectivity index (χ2n) is 7.86. The average Bonchev–Trinajstić information content (AvgIpc) is 2.57. The fourth-order valence-electron chi connectivity index (χ4n) is 5.30. The molecule has 0 aliphatic heterocycles. The van der Waals surface area contributed by atoms with Crippen LogP contribution in [0.25, 0.3) is 0 Å². The molecule has 0 spiro atoms. The van der Waals surface area contributed by atoms with Crippen molar-refractivity contribution in [1.82, 2.24) is 0 Å². The summed E-state index contributed by atoms with van der Waals surface area (Å²) in [6.07, 6.45) is 1.68. The summed E-state index contributed by atoms with van der Waals surface area (Å²) in [6, 6.07) is 0. The van der Waals surface area contributed by atoms with E-state index >= 15 is 0 Å². The fraction of sp³-hybridized carbons (Fsp3) is 0.867. The summed E-state index contributed by atoms with van der Waals surface area (Å²) in [7, 11) is 0. The zero-order valence-electron chi connectivity index (χ0n) is 11.5. The SMILES string of the molecule is C=C1C(O)CC2(O)CC3(O)CC(C)(C)CC3C12C. The van der Waals surface area contributed by atoms with Crippen LogP contribution in [0.4, 0.5) is 0 Å². The maximum atomic E-state index is 10.9. The third-order valence-corrected chi connectivity index (χ3v) is 6.05. The van der Waals surface area contributed by atoms with Crippen molar-refractivity contribution in [2.24, 2.45) is 16.7 Å².